The molecule has 150 valence electrons. The normalized spacial score (nSPS) is 10.8. The van der Waals surface area contributed by atoms with Crippen molar-refractivity contribution in [3.8, 4) is 23.2 Å². The van der Waals surface area contributed by atoms with Crippen LogP contribution >= 0.6 is 11.7 Å². The molecular weight excluding hydrogens is 408 g/mol. The number of ether oxygens (including phenoxy) is 1. The lowest BCUT2D eigenvalue weighted by atomic mass is 10.0. The monoisotopic (exact) mass is 424 g/mol. The SMILES string of the molecule is N#Cc1ccc(Cn2cc(COc3nsnc3-c3cccc4ccccc34)nn2)cc1. The van der Waals surface area contributed by atoms with Crippen LogP contribution in [0.5, 0.6) is 5.88 Å². The highest BCUT2D eigenvalue weighted by atomic mass is 32.1. The fourth-order valence-electron chi connectivity index (χ4n) is 3.37. The van der Waals surface area contributed by atoms with Gasteiger partial charge in [-0.05, 0) is 28.5 Å². The van der Waals surface area contributed by atoms with E-state index < -0.39 is 0 Å². The maximum absolute atomic E-state index is 8.90. The van der Waals surface area contributed by atoms with E-state index in [0.29, 0.717) is 23.7 Å². The Balaban J connectivity index is 1.31. The second-order valence-corrected chi connectivity index (χ2v) is 7.48. The Morgan fingerprint density at radius 3 is 2.68 bits per heavy atom. The second-order valence-electron chi connectivity index (χ2n) is 6.95. The number of nitriles is 1. The Kier molecular flexibility index (Phi) is 5.09. The van der Waals surface area contributed by atoms with Crippen molar-refractivity contribution >= 4 is 22.5 Å². The minimum Gasteiger partial charge on any atom is -0.469 e. The molecule has 0 fully saturated rings. The zero-order valence-corrected chi connectivity index (χ0v) is 17.2. The number of aromatic nitrogens is 5. The van der Waals surface area contributed by atoms with E-state index in [1.165, 1.54) is 0 Å². The molecule has 0 saturated carbocycles. The van der Waals surface area contributed by atoms with Gasteiger partial charge in [-0.15, -0.1) is 9.47 Å². The van der Waals surface area contributed by atoms with Crippen molar-refractivity contribution in [2.24, 2.45) is 0 Å². The lowest BCUT2D eigenvalue weighted by Gasteiger charge is -2.06. The van der Waals surface area contributed by atoms with E-state index in [9.17, 15) is 0 Å². The highest BCUT2D eigenvalue weighted by Crippen LogP contribution is 2.33. The fraction of sp³-hybridized carbons (Fsp3) is 0.0870. The average molecular weight is 424 g/mol. The third-order valence-corrected chi connectivity index (χ3v) is 5.39. The topological polar surface area (TPSA) is 89.5 Å². The first kappa shape index (κ1) is 18.9. The van der Waals surface area contributed by atoms with Crippen LogP contribution in [0, 0.1) is 11.3 Å². The number of hydrogen-bond acceptors (Lipinski definition) is 7. The maximum Gasteiger partial charge on any atom is 0.254 e. The van der Waals surface area contributed by atoms with Gasteiger partial charge in [-0.1, -0.05) is 59.8 Å². The molecule has 0 bridgehead atoms. The summed E-state index contributed by atoms with van der Waals surface area (Å²) in [7, 11) is 0. The van der Waals surface area contributed by atoms with Gasteiger partial charge in [0.25, 0.3) is 5.88 Å². The predicted octanol–water partition coefficient (Wildman–Crippen LogP) is 4.45. The summed E-state index contributed by atoms with van der Waals surface area (Å²) in [6.45, 7) is 0.814. The van der Waals surface area contributed by atoms with Crippen LogP contribution in [0.4, 0.5) is 0 Å². The second kappa shape index (κ2) is 8.34. The van der Waals surface area contributed by atoms with Gasteiger partial charge in [0.2, 0.25) is 0 Å². The lowest BCUT2D eigenvalue weighted by molar-refractivity contribution is 0.293. The van der Waals surface area contributed by atoms with Crippen LogP contribution in [-0.2, 0) is 13.2 Å². The van der Waals surface area contributed by atoms with Gasteiger partial charge in [0.1, 0.15) is 18.0 Å². The predicted molar refractivity (Wildman–Crippen MR) is 117 cm³/mol. The molecule has 2 heterocycles. The molecule has 0 radical (unpaired) electrons. The van der Waals surface area contributed by atoms with Crippen molar-refractivity contribution in [3.63, 3.8) is 0 Å². The minimum atomic E-state index is 0.247. The van der Waals surface area contributed by atoms with Gasteiger partial charge >= 0.3 is 0 Å². The number of nitrogens with zero attached hydrogens (tertiary/aromatic N) is 6. The first-order valence-corrected chi connectivity index (χ1v) is 10.3. The first-order valence-electron chi connectivity index (χ1n) is 9.62. The van der Waals surface area contributed by atoms with E-state index >= 15 is 0 Å². The maximum atomic E-state index is 8.90. The Morgan fingerprint density at radius 1 is 0.968 bits per heavy atom. The molecule has 0 saturated heterocycles. The Bertz CT molecular complexity index is 1380. The zero-order valence-electron chi connectivity index (χ0n) is 16.3. The third-order valence-electron chi connectivity index (χ3n) is 4.87. The van der Waals surface area contributed by atoms with Gasteiger partial charge in [0.05, 0.1) is 36.1 Å². The third kappa shape index (κ3) is 3.99. The standard InChI is InChI=1S/C23H16N6OS/c24-12-16-8-10-17(11-9-16)13-29-14-19(25-28-29)15-30-23-22(26-31-27-23)21-7-3-5-18-4-1-2-6-20(18)21/h1-11,14H,13,15H2. The molecule has 0 unspecified atom stereocenters. The van der Waals surface area contributed by atoms with Gasteiger partial charge in [0, 0.05) is 5.56 Å². The molecule has 0 atom stereocenters. The van der Waals surface area contributed by atoms with Crippen LogP contribution < -0.4 is 4.74 Å². The lowest BCUT2D eigenvalue weighted by Crippen LogP contribution is -2.00. The van der Waals surface area contributed by atoms with E-state index in [2.05, 4.69) is 43.3 Å². The molecule has 31 heavy (non-hydrogen) atoms. The zero-order chi connectivity index (χ0) is 21.0. The van der Waals surface area contributed by atoms with E-state index in [4.69, 9.17) is 10.00 Å². The minimum absolute atomic E-state index is 0.247. The van der Waals surface area contributed by atoms with Crippen LogP contribution in [0.25, 0.3) is 22.0 Å². The van der Waals surface area contributed by atoms with Crippen LogP contribution in [0.3, 0.4) is 0 Å². The molecule has 0 amide bonds. The highest BCUT2D eigenvalue weighted by molar-refractivity contribution is 6.99. The molecule has 8 heteroatoms. The van der Waals surface area contributed by atoms with Gasteiger partial charge in [-0.2, -0.15) is 9.64 Å². The Hall–Kier alpha value is -4.09. The summed E-state index contributed by atoms with van der Waals surface area (Å²) in [6, 6.07) is 23.8. The Morgan fingerprint density at radius 2 is 1.81 bits per heavy atom. The van der Waals surface area contributed by atoms with Gasteiger partial charge in [-0.3, -0.25) is 0 Å². The summed E-state index contributed by atoms with van der Waals surface area (Å²) in [5, 5.41) is 19.5. The smallest absolute Gasteiger partial charge is 0.254 e. The summed E-state index contributed by atoms with van der Waals surface area (Å²) in [6.07, 6.45) is 1.84. The molecule has 5 aromatic rings. The van der Waals surface area contributed by atoms with Crippen LogP contribution in [0.1, 0.15) is 16.8 Å². The van der Waals surface area contributed by atoms with Crippen LogP contribution in [0.15, 0.2) is 72.9 Å². The molecule has 0 N–H and O–H groups in total. The largest absolute Gasteiger partial charge is 0.469 e. The first-order chi connectivity index (χ1) is 15.3. The van der Waals surface area contributed by atoms with Crippen molar-refractivity contribution in [3.05, 3.63) is 89.7 Å². The number of hydrogen-bond donors (Lipinski definition) is 0. The number of fused-ring (bicyclic) bond motifs is 1. The molecule has 0 spiro atoms. The number of benzene rings is 3. The summed E-state index contributed by atoms with van der Waals surface area (Å²) >= 11 is 1.13. The van der Waals surface area contributed by atoms with E-state index in [0.717, 1.165) is 39.3 Å². The van der Waals surface area contributed by atoms with Gasteiger partial charge in [0.15, 0.2) is 0 Å². The van der Waals surface area contributed by atoms with E-state index in [1.54, 1.807) is 16.8 Å². The van der Waals surface area contributed by atoms with Crippen LogP contribution in [0.2, 0.25) is 0 Å². The molecule has 0 aliphatic heterocycles. The van der Waals surface area contributed by atoms with E-state index in [1.807, 2.05) is 42.6 Å². The summed E-state index contributed by atoms with van der Waals surface area (Å²) in [5.41, 5.74) is 4.09. The quantitative estimate of drug-likeness (QED) is 0.400. The van der Waals surface area contributed by atoms with Crippen molar-refractivity contribution in [2.45, 2.75) is 13.2 Å². The highest BCUT2D eigenvalue weighted by Gasteiger charge is 2.15. The number of rotatable bonds is 6. The van der Waals surface area contributed by atoms with Crippen molar-refractivity contribution in [1.29, 1.82) is 5.26 Å². The van der Waals surface area contributed by atoms with Crippen LogP contribution in [-0.4, -0.2) is 23.7 Å². The van der Waals surface area contributed by atoms with Gasteiger partial charge < -0.3 is 4.74 Å². The van der Waals surface area contributed by atoms with Crippen molar-refractivity contribution in [1.82, 2.24) is 23.7 Å². The van der Waals surface area contributed by atoms with Crippen molar-refractivity contribution < 1.29 is 4.74 Å². The fourth-order valence-corrected chi connectivity index (χ4v) is 3.88. The molecule has 0 aliphatic carbocycles. The summed E-state index contributed by atoms with van der Waals surface area (Å²) < 4.78 is 16.5. The van der Waals surface area contributed by atoms with E-state index in [-0.39, 0.29) is 6.61 Å². The van der Waals surface area contributed by atoms with Gasteiger partial charge in [-0.25, -0.2) is 4.68 Å². The molecule has 5 rings (SSSR count). The molecule has 2 aromatic heterocycles. The average Bonchev–Trinajstić information content (AvgIpc) is 3.47. The molecule has 0 aliphatic rings. The molecule has 7 nitrogen and oxygen atoms in total. The Labute approximate surface area is 182 Å². The molecular formula is C23H16N6OS. The summed E-state index contributed by atoms with van der Waals surface area (Å²) in [5.74, 6) is 0.489. The molecule has 3 aromatic carbocycles. The van der Waals surface area contributed by atoms with Crippen molar-refractivity contribution in [2.75, 3.05) is 0 Å². The summed E-state index contributed by atoms with van der Waals surface area (Å²) in [4.78, 5) is 0.